The van der Waals surface area contributed by atoms with Gasteiger partial charge in [0.05, 0.1) is 17.5 Å². The molecule has 1 N–H and O–H groups in total. The van der Waals surface area contributed by atoms with E-state index in [1.807, 2.05) is 30.7 Å². The van der Waals surface area contributed by atoms with E-state index in [0.717, 1.165) is 41.9 Å². The average Bonchev–Trinajstić information content (AvgIpc) is 2.78. The highest BCUT2D eigenvalue weighted by atomic mass is 16.3. The maximum Gasteiger partial charge on any atom is 0.253 e. The molecule has 1 aliphatic rings. The Morgan fingerprint density at radius 1 is 1.28 bits per heavy atom. The van der Waals surface area contributed by atoms with Crippen LogP contribution in [0.1, 0.15) is 41.6 Å². The Hall–Kier alpha value is -1.75. The molecule has 0 bridgehead atoms. The van der Waals surface area contributed by atoms with Gasteiger partial charge in [0.2, 0.25) is 0 Å². The van der Waals surface area contributed by atoms with Crippen LogP contribution in [0.15, 0.2) is 12.3 Å². The normalized spacial score (nSPS) is 18.7. The SMILES string of the molecule is Cc1nnc(-n2ccc3c2CCCC3O)nc1C. The number of fused-ring (bicyclic) bond motifs is 1. The van der Waals surface area contributed by atoms with Gasteiger partial charge in [-0.1, -0.05) is 0 Å². The van der Waals surface area contributed by atoms with Crippen molar-refractivity contribution < 1.29 is 5.11 Å². The fraction of sp³-hybridized carbons (Fsp3) is 0.462. The van der Waals surface area contributed by atoms with E-state index in [9.17, 15) is 5.11 Å². The molecule has 18 heavy (non-hydrogen) atoms. The Morgan fingerprint density at radius 2 is 2.11 bits per heavy atom. The molecule has 2 heterocycles. The summed E-state index contributed by atoms with van der Waals surface area (Å²) in [5, 5.41) is 18.2. The molecule has 0 saturated carbocycles. The second-order valence-electron chi connectivity index (χ2n) is 4.78. The summed E-state index contributed by atoms with van der Waals surface area (Å²) in [5.74, 6) is 0.591. The molecule has 0 radical (unpaired) electrons. The fourth-order valence-corrected chi connectivity index (χ4v) is 2.40. The molecule has 5 heteroatoms. The first-order valence-electron chi connectivity index (χ1n) is 6.23. The van der Waals surface area contributed by atoms with Crippen LogP contribution in [0, 0.1) is 13.8 Å². The Balaban J connectivity index is 2.09. The molecule has 0 saturated heterocycles. The third kappa shape index (κ3) is 1.71. The minimum Gasteiger partial charge on any atom is -0.388 e. The highest BCUT2D eigenvalue weighted by Gasteiger charge is 2.22. The van der Waals surface area contributed by atoms with Crippen LogP contribution in [0.25, 0.3) is 5.95 Å². The van der Waals surface area contributed by atoms with Crippen LogP contribution in [-0.2, 0) is 6.42 Å². The van der Waals surface area contributed by atoms with E-state index in [-0.39, 0.29) is 6.10 Å². The summed E-state index contributed by atoms with van der Waals surface area (Å²) < 4.78 is 1.94. The monoisotopic (exact) mass is 244 g/mol. The zero-order valence-corrected chi connectivity index (χ0v) is 10.6. The molecule has 0 fully saturated rings. The van der Waals surface area contributed by atoms with Gasteiger partial charge < -0.3 is 5.11 Å². The topological polar surface area (TPSA) is 63.8 Å². The highest BCUT2D eigenvalue weighted by Crippen LogP contribution is 2.31. The first-order valence-corrected chi connectivity index (χ1v) is 6.23. The number of hydrogen-bond acceptors (Lipinski definition) is 4. The van der Waals surface area contributed by atoms with E-state index in [1.54, 1.807) is 0 Å². The fourth-order valence-electron chi connectivity index (χ4n) is 2.40. The molecule has 2 aromatic rings. The van der Waals surface area contributed by atoms with Crippen LogP contribution in [0.4, 0.5) is 0 Å². The number of hydrogen-bond donors (Lipinski definition) is 1. The molecule has 3 rings (SSSR count). The second-order valence-corrected chi connectivity index (χ2v) is 4.78. The number of aryl methyl sites for hydroxylation is 2. The lowest BCUT2D eigenvalue weighted by molar-refractivity contribution is 0.156. The van der Waals surface area contributed by atoms with Gasteiger partial charge in [-0.05, 0) is 39.2 Å². The van der Waals surface area contributed by atoms with Crippen LogP contribution < -0.4 is 0 Å². The van der Waals surface area contributed by atoms with Gasteiger partial charge in [-0.2, -0.15) is 5.10 Å². The maximum atomic E-state index is 9.95. The van der Waals surface area contributed by atoms with Crippen molar-refractivity contribution in [2.75, 3.05) is 0 Å². The van der Waals surface area contributed by atoms with Crippen molar-refractivity contribution in [1.82, 2.24) is 19.7 Å². The summed E-state index contributed by atoms with van der Waals surface area (Å²) in [4.78, 5) is 4.46. The number of rotatable bonds is 1. The molecule has 94 valence electrons. The number of nitrogens with zero attached hydrogens (tertiary/aromatic N) is 4. The molecule has 1 aliphatic carbocycles. The summed E-state index contributed by atoms with van der Waals surface area (Å²) in [6.07, 6.45) is 4.36. The molecule has 2 aromatic heterocycles. The minimum absolute atomic E-state index is 0.352. The predicted octanol–water partition coefficient (Wildman–Crippen LogP) is 1.65. The standard InChI is InChI=1S/C13H16N4O/c1-8-9(2)15-16-13(14-8)17-7-6-10-11(17)4-3-5-12(10)18/h6-7,12,18H,3-5H2,1-2H3. The molecular formula is C13H16N4O. The van der Waals surface area contributed by atoms with Gasteiger partial charge in [-0.15, -0.1) is 5.10 Å². The van der Waals surface area contributed by atoms with Crippen LogP contribution in [-0.4, -0.2) is 24.9 Å². The lowest BCUT2D eigenvalue weighted by Crippen LogP contribution is -2.13. The molecule has 1 unspecified atom stereocenters. The van der Waals surface area contributed by atoms with Crippen molar-refractivity contribution >= 4 is 0 Å². The summed E-state index contributed by atoms with van der Waals surface area (Å²) in [6, 6.07) is 1.96. The predicted molar refractivity (Wildman–Crippen MR) is 66.5 cm³/mol. The summed E-state index contributed by atoms with van der Waals surface area (Å²) in [7, 11) is 0. The van der Waals surface area contributed by atoms with E-state index in [0.29, 0.717) is 5.95 Å². The molecule has 5 nitrogen and oxygen atoms in total. The van der Waals surface area contributed by atoms with Crippen molar-refractivity contribution in [3.63, 3.8) is 0 Å². The van der Waals surface area contributed by atoms with Gasteiger partial charge in [-0.3, -0.25) is 4.57 Å². The Kier molecular flexibility index (Phi) is 2.63. The van der Waals surface area contributed by atoms with Crippen molar-refractivity contribution in [2.45, 2.75) is 39.2 Å². The van der Waals surface area contributed by atoms with E-state index < -0.39 is 0 Å². The average molecular weight is 244 g/mol. The molecular weight excluding hydrogens is 228 g/mol. The second kappa shape index (κ2) is 4.17. The van der Waals surface area contributed by atoms with Crippen molar-refractivity contribution in [3.05, 3.63) is 34.9 Å². The van der Waals surface area contributed by atoms with Gasteiger partial charge in [0, 0.05) is 17.5 Å². The quantitative estimate of drug-likeness (QED) is 0.828. The number of aliphatic hydroxyl groups excluding tert-OH is 1. The zero-order valence-electron chi connectivity index (χ0n) is 10.6. The number of aromatic nitrogens is 4. The van der Waals surface area contributed by atoms with Crippen LogP contribution >= 0.6 is 0 Å². The maximum absolute atomic E-state index is 9.95. The van der Waals surface area contributed by atoms with Gasteiger partial charge in [-0.25, -0.2) is 4.98 Å². The van der Waals surface area contributed by atoms with E-state index in [2.05, 4.69) is 15.2 Å². The number of aliphatic hydroxyl groups is 1. The molecule has 0 amide bonds. The molecule has 0 aromatic carbocycles. The van der Waals surface area contributed by atoms with Crippen molar-refractivity contribution in [3.8, 4) is 5.95 Å². The van der Waals surface area contributed by atoms with Gasteiger partial charge in [0.1, 0.15) is 0 Å². The highest BCUT2D eigenvalue weighted by molar-refractivity contribution is 5.33. The summed E-state index contributed by atoms with van der Waals surface area (Å²) >= 11 is 0. The van der Waals surface area contributed by atoms with Crippen molar-refractivity contribution in [2.24, 2.45) is 0 Å². The van der Waals surface area contributed by atoms with Crippen molar-refractivity contribution in [1.29, 1.82) is 0 Å². The zero-order chi connectivity index (χ0) is 12.7. The third-order valence-electron chi connectivity index (χ3n) is 3.57. The minimum atomic E-state index is -0.352. The van der Waals surface area contributed by atoms with Gasteiger partial charge in [0.25, 0.3) is 5.95 Å². The lowest BCUT2D eigenvalue weighted by atomic mass is 9.95. The lowest BCUT2D eigenvalue weighted by Gasteiger charge is -2.19. The first kappa shape index (κ1) is 11.3. The largest absolute Gasteiger partial charge is 0.388 e. The third-order valence-corrected chi connectivity index (χ3v) is 3.57. The van der Waals surface area contributed by atoms with Crippen LogP contribution in [0.3, 0.4) is 0 Å². The van der Waals surface area contributed by atoms with Crippen LogP contribution in [0.2, 0.25) is 0 Å². The molecule has 0 aliphatic heterocycles. The molecule has 0 spiro atoms. The van der Waals surface area contributed by atoms with Gasteiger partial charge >= 0.3 is 0 Å². The summed E-state index contributed by atoms with van der Waals surface area (Å²) in [6.45, 7) is 3.83. The summed E-state index contributed by atoms with van der Waals surface area (Å²) in [5.41, 5.74) is 3.85. The smallest absolute Gasteiger partial charge is 0.253 e. The van der Waals surface area contributed by atoms with Crippen LogP contribution in [0.5, 0.6) is 0 Å². The van der Waals surface area contributed by atoms with E-state index in [4.69, 9.17) is 0 Å². The van der Waals surface area contributed by atoms with E-state index in [1.165, 1.54) is 0 Å². The first-order chi connectivity index (χ1) is 8.66. The molecule has 1 atom stereocenters. The Morgan fingerprint density at radius 3 is 2.89 bits per heavy atom. The van der Waals surface area contributed by atoms with E-state index >= 15 is 0 Å². The Labute approximate surface area is 106 Å². The van der Waals surface area contributed by atoms with Gasteiger partial charge in [0.15, 0.2) is 0 Å². The Bertz CT molecular complexity index is 591.